The van der Waals surface area contributed by atoms with Crippen molar-refractivity contribution in [2.75, 3.05) is 0 Å². The molecule has 15 heavy (non-hydrogen) atoms. The van der Waals surface area contributed by atoms with Crippen LogP contribution >= 0.6 is 11.3 Å². The minimum atomic E-state index is 0.294. The molecule has 0 aromatic carbocycles. The molecule has 1 heterocycles. The van der Waals surface area contributed by atoms with E-state index in [2.05, 4.69) is 19.9 Å². The van der Waals surface area contributed by atoms with Crippen molar-refractivity contribution in [2.45, 2.75) is 52.0 Å². The van der Waals surface area contributed by atoms with Crippen molar-refractivity contribution < 1.29 is 0 Å². The first-order chi connectivity index (χ1) is 7.18. The Morgan fingerprint density at radius 3 is 2.47 bits per heavy atom. The number of nitrogens with two attached hydrogens (primary N) is 1. The topological polar surface area (TPSA) is 26.0 Å². The summed E-state index contributed by atoms with van der Waals surface area (Å²) in [6, 6.07) is 2.59. The van der Waals surface area contributed by atoms with Gasteiger partial charge in [-0.3, -0.25) is 0 Å². The quantitative estimate of drug-likeness (QED) is 0.807. The molecule has 0 spiro atoms. The monoisotopic (exact) mass is 223 g/mol. The molecule has 0 aliphatic heterocycles. The Kier molecular flexibility index (Phi) is 3.47. The number of aryl methyl sites for hydroxylation is 2. The molecule has 2 heteroatoms. The van der Waals surface area contributed by atoms with Crippen molar-refractivity contribution in [3.63, 3.8) is 0 Å². The molecule has 1 aliphatic carbocycles. The Balaban J connectivity index is 2.08. The number of hydrogen-bond acceptors (Lipinski definition) is 2. The van der Waals surface area contributed by atoms with Crippen molar-refractivity contribution in [3.8, 4) is 0 Å². The molecule has 1 fully saturated rings. The fraction of sp³-hybridized carbons (Fsp3) is 0.692. The van der Waals surface area contributed by atoms with Crippen molar-refractivity contribution in [1.82, 2.24) is 0 Å². The van der Waals surface area contributed by atoms with Crippen LogP contribution in [-0.4, -0.2) is 0 Å². The Morgan fingerprint density at radius 2 is 1.93 bits per heavy atom. The predicted molar refractivity (Wildman–Crippen MR) is 67.3 cm³/mol. The van der Waals surface area contributed by atoms with Crippen molar-refractivity contribution in [1.29, 1.82) is 0 Å². The summed E-state index contributed by atoms with van der Waals surface area (Å²) >= 11 is 1.89. The summed E-state index contributed by atoms with van der Waals surface area (Å²) in [6.07, 6.45) is 6.82. The molecule has 2 rings (SSSR count). The van der Waals surface area contributed by atoms with E-state index in [1.54, 1.807) is 0 Å². The molecule has 1 atom stereocenters. The molecular formula is C13H21NS. The van der Waals surface area contributed by atoms with Crippen LogP contribution in [0.1, 0.15) is 53.5 Å². The maximum absolute atomic E-state index is 6.36. The molecule has 1 saturated carbocycles. The zero-order valence-corrected chi connectivity index (χ0v) is 10.6. The summed E-state index contributed by atoms with van der Waals surface area (Å²) in [5.74, 6) is 0.733. The van der Waals surface area contributed by atoms with Gasteiger partial charge in [-0.25, -0.2) is 0 Å². The van der Waals surface area contributed by atoms with Gasteiger partial charge in [0.25, 0.3) is 0 Å². The first kappa shape index (κ1) is 11.2. The first-order valence-corrected chi connectivity index (χ1v) is 6.82. The van der Waals surface area contributed by atoms with E-state index in [4.69, 9.17) is 5.73 Å². The van der Waals surface area contributed by atoms with E-state index in [0.717, 1.165) is 5.92 Å². The summed E-state index contributed by atoms with van der Waals surface area (Å²) < 4.78 is 0. The summed E-state index contributed by atoms with van der Waals surface area (Å²) in [6.45, 7) is 4.38. The predicted octanol–water partition coefficient (Wildman–Crippen LogP) is 3.95. The zero-order chi connectivity index (χ0) is 10.8. The standard InChI is InChI=1S/C13H21NS/c1-9-8-12(15-10(9)2)13(14)11-6-4-3-5-7-11/h8,11,13H,3-7,14H2,1-2H3. The van der Waals surface area contributed by atoms with Gasteiger partial charge in [0, 0.05) is 15.8 Å². The SMILES string of the molecule is Cc1cc(C(N)C2CCCCC2)sc1C. The Labute approximate surface area is 96.7 Å². The lowest BCUT2D eigenvalue weighted by atomic mass is 9.83. The van der Waals surface area contributed by atoms with E-state index in [-0.39, 0.29) is 0 Å². The lowest BCUT2D eigenvalue weighted by Gasteiger charge is -2.26. The summed E-state index contributed by atoms with van der Waals surface area (Å²) in [5, 5.41) is 0. The third-order valence-electron chi connectivity index (χ3n) is 3.67. The van der Waals surface area contributed by atoms with Crippen LogP contribution in [-0.2, 0) is 0 Å². The molecule has 0 radical (unpaired) electrons. The molecule has 1 nitrogen and oxygen atoms in total. The second-order valence-electron chi connectivity index (χ2n) is 4.81. The van der Waals surface area contributed by atoms with E-state index in [1.165, 1.54) is 47.4 Å². The maximum atomic E-state index is 6.36. The molecule has 1 unspecified atom stereocenters. The molecule has 2 N–H and O–H groups in total. The fourth-order valence-corrected chi connectivity index (χ4v) is 3.63. The summed E-state index contributed by atoms with van der Waals surface area (Å²) in [7, 11) is 0. The molecule has 1 aliphatic rings. The van der Waals surface area contributed by atoms with Crippen LogP contribution in [0.4, 0.5) is 0 Å². The molecular weight excluding hydrogens is 202 g/mol. The molecule has 1 aromatic heterocycles. The minimum absolute atomic E-state index is 0.294. The van der Waals surface area contributed by atoms with E-state index in [0.29, 0.717) is 6.04 Å². The highest BCUT2D eigenvalue weighted by atomic mass is 32.1. The fourth-order valence-electron chi connectivity index (χ4n) is 2.49. The second-order valence-corrected chi connectivity index (χ2v) is 6.10. The Hall–Kier alpha value is -0.340. The van der Waals surface area contributed by atoms with Gasteiger partial charge >= 0.3 is 0 Å². The highest BCUT2D eigenvalue weighted by Crippen LogP contribution is 2.36. The Bertz CT molecular complexity index is 304. The number of rotatable bonds is 2. The lowest BCUT2D eigenvalue weighted by Crippen LogP contribution is -2.22. The second kappa shape index (κ2) is 4.67. The van der Waals surface area contributed by atoms with Gasteiger partial charge in [0.1, 0.15) is 0 Å². The van der Waals surface area contributed by atoms with Gasteiger partial charge in [0.2, 0.25) is 0 Å². The zero-order valence-electron chi connectivity index (χ0n) is 9.75. The van der Waals surface area contributed by atoms with E-state index < -0.39 is 0 Å². The van der Waals surface area contributed by atoms with Gasteiger partial charge in [0.15, 0.2) is 0 Å². The number of thiophene rings is 1. The van der Waals surface area contributed by atoms with Crippen LogP contribution in [0.25, 0.3) is 0 Å². The molecule has 0 amide bonds. The van der Waals surface area contributed by atoms with Crippen LogP contribution in [0.2, 0.25) is 0 Å². The van der Waals surface area contributed by atoms with Crippen LogP contribution in [0.5, 0.6) is 0 Å². The average molecular weight is 223 g/mol. The number of hydrogen-bond donors (Lipinski definition) is 1. The van der Waals surface area contributed by atoms with Crippen LogP contribution in [0.15, 0.2) is 6.07 Å². The minimum Gasteiger partial charge on any atom is -0.323 e. The van der Waals surface area contributed by atoms with Gasteiger partial charge < -0.3 is 5.73 Å². The average Bonchev–Trinajstić information content (AvgIpc) is 2.59. The van der Waals surface area contributed by atoms with E-state index >= 15 is 0 Å². The van der Waals surface area contributed by atoms with Crippen molar-refractivity contribution in [3.05, 3.63) is 21.4 Å². The molecule has 0 saturated heterocycles. The van der Waals surface area contributed by atoms with E-state index in [9.17, 15) is 0 Å². The van der Waals surface area contributed by atoms with Crippen molar-refractivity contribution in [2.24, 2.45) is 11.7 Å². The van der Waals surface area contributed by atoms with E-state index in [1.807, 2.05) is 11.3 Å². The highest BCUT2D eigenvalue weighted by molar-refractivity contribution is 7.12. The van der Waals surface area contributed by atoms with Gasteiger partial charge in [-0.05, 0) is 44.2 Å². The van der Waals surface area contributed by atoms with Crippen LogP contribution in [0, 0.1) is 19.8 Å². The van der Waals surface area contributed by atoms with Gasteiger partial charge in [0.05, 0.1) is 0 Å². The van der Waals surface area contributed by atoms with Gasteiger partial charge in [-0.2, -0.15) is 0 Å². The summed E-state index contributed by atoms with van der Waals surface area (Å²) in [5.41, 5.74) is 7.77. The molecule has 84 valence electrons. The van der Waals surface area contributed by atoms with Crippen LogP contribution in [0.3, 0.4) is 0 Å². The third kappa shape index (κ3) is 2.43. The van der Waals surface area contributed by atoms with Gasteiger partial charge in [-0.15, -0.1) is 11.3 Å². The normalized spacial score (nSPS) is 20.5. The maximum Gasteiger partial charge on any atom is 0.0418 e. The Morgan fingerprint density at radius 1 is 1.27 bits per heavy atom. The largest absolute Gasteiger partial charge is 0.323 e. The third-order valence-corrected chi connectivity index (χ3v) is 4.93. The van der Waals surface area contributed by atoms with Gasteiger partial charge in [-0.1, -0.05) is 19.3 Å². The smallest absolute Gasteiger partial charge is 0.0418 e. The van der Waals surface area contributed by atoms with Crippen molar-refractivity contribution >= 4 is 11.3 Å². The lowest BCUT2D eigenvalue weighted by molar-refractivity contribution is 0.310. The highest BCUT2D eigenvalue weighted by Gasteiger charge is 2.23. The first-order valence-electron chi connectivity index (χ1n) is 6.01. The molecule has 1 aromatic rings. The summed E-state index contributed by atoms with van der Waals surface area (Å²) in [4.78, 5) is 2.83. The molecule has 0 bridgehead atoms. The van der Waals surface area contributed by atoms with Crippen LogP contribution < -0.4 is 5.73 Å².